The minimum absolute atomic E-state index is 0.103. The monoisotopic (exact) mass is 328 g/mol. The molecule has 21 heavy (non-hydrogen) atoms. The number of halogens is 1. The van der Waals surface area contributed by atoms with Gasteiger partial charge >= 0.3 is 6.03 Å². The van der Waals surface area contributed by atoms with Crippen molar-refractivity contribution in [1.82, 2.24) is 10.6 Å². The van der Waals surface area contributed by atoms with Crippen LogP contribution in [0.25, 0.3) is 0 Å². The van der Waals surface area contributed by atoms with Crippen molar-refractivity contribution in [2.45, 2.75) is 24.1 Å². The summed E-state index contributed by atoms with van der Waals surface area (Å²) in [6, 6.07) is 7.34. The third-order valence-electron chi connectivity index (χ3n) is 3.75. The molecule has 4 nitrogen and oxygen atoms in total. The van der Waals surface area contributed by atoms with Crippen LogP contribution in [0.2, 0.25) is 5.02 Å². The van der Waals surface area contributed by atoms with E-state index in [9.17, 15) is 4.79 Å². The van der Waals surface area contributed by atoms with E-state index in [1.54, 1.807) is 0 Å². The molecule has 1 saturated heterocycles. The summed E-state index contributed by atoms with van der Waals surface area (Å²) in [5.74, 6) is 0. The molecular weight excluding hydrogens is 308 g/mol. The number of carbonyl (C=O) groups is 1. The molecular formula is C15H21ClN2O2S. The van der Waals surface area contributed by atoms with Crippen LogP contribution in [0, 0.1) is 0 Å². The van der Waals surface area contributed by atoms with Gasteiger partial charge in [0.15, 0.2) is 0 Å². The fourth-order valence-corrected chi connectivity index (χ4v) is 3.33. The second-order valence-electron chi connectivity index (χ2n) is 5.17. The summed E-state index contributed by atoms with van der Waals surface area (Å²) in [5.41, 5.74) is 0.989. The molecule has 1 aromatic rings. The standard InChI is InChI=1S/C15H21ClN2O2S/c1-21-15(5-7-20-8-6-15)11-18-14(19)17-10-12-3-2-4-13(16)9-12/h2-4,9H,5-8,10-11H2,1H3,(H2,17,18,19). The second kappa shape index (κ2) is 7.92. The predicted molar refractivity (Wildman–Crippen MR) is 88.0 cm³/mol. The van der Waals surface area contributed by atoms with Crippen molar-refractivity contribution >= 4 is 29.4 Å². The number of thioether (sulfide) groups is 1. The maximum absolute atomic E-state index is 11.9. The first kappa shape index (κ1) is 16.5. The van der Waals surface area contributed by atoms with Gasteiger partial charge in [0.05, 0.1) is 0 Å². The minimum Gasteiger partial charge on any atom is -0.381 e. The molecule has 0 saturated carbocycles. The van der Waals surface area contributed by atoms with E-state index in [1.165, 1.54) is 0 Å². The molecule has 0 unspecified atom stereocenters. The van der Waals surface area contributed by atoms with Crippen LogP contribution in [0.5, 0.6) is 0 Å². The Hall–Kier alpha value is -0.910. The summed E-state index contributed by atoms with van der Waals surface area (Å²) in [7, 11) is 0. The van der Waals surface area contributed by atoms with Crippen molar-refractivity contribution in [3.63, 3.8) is 0 Å². The zero-order chi connectivity index (χ0) is 15.1. The van der Waals surface area contributed by atoms with Crippen LogP contribution in [0.4, 0.5) is 4.79 Å². The average Bonchev–Trinajstić information content (AvgIpc) is 2.52. The Balaban J connectivity index is 1.76. The quantitative estimate of drug-likeness (QED) is 0.873. The molecule has 2 rings (SSSR count). The number of ether oxygens (including phenoxy) is 1. The lowest BCUT2D eigenvalue weighted by molar-refractivity contribution is 0.0777. The fraction of sp³-hybridized carbons (Fsp3) is 0.533. The number of hydrogen-bond acceptors (Lipinski definition) is 3. The number of rotatable bonds is 5. The highest BCUT2D eigenvalue weighted by Crippen LogP contribution is 2.32. The van der Waals surface area contributed by atoms with Crippen LogP contribution in [0.15, 0.2) is 24.3 Å². The van der Waals surface area contributed by atoms with E-state index in [4.69, 9.17) is 16.3 Å². The Morgan fingerprint density at radius 2 is 2.14 bits per heavy atom. The Labute approximate surface area is 135 Å². The first-order chi connectivity index (χ1) is 10.1. The maximum atomic E-state index is 11.9. The van der Waals surface area contributed by atoms with E-state index < -0.39 is 0 Å². The first-order valence-corrected chi connectivity index (χ1v) is 8.63. The van der Waals surface area contributed by atoms with Crippen molar-refractivity contribution in [3.05, 3.63) is 34.9 Å². The van der Waals surface area contributed by atoms with Gasteiger partial charge in [0, 0.05) is 36.1 Å². The third kappa shape index (κ3) is 5.09. The van der Waals surface area contributed by atoms with Gasteiger partial charge in [0.1, 0.15) is 0 Å². The molecule has 0 bridgehead atoms. The number of nitrogens with one attached hydrogen (secondary N) is 2. The van der Waals surface area contributed by atoms with Gasteiger partial charge in [-0.05, 0) is 36.8 Å². The zero-order valence-electron chi connectivity index (χ0n) is 12.2. The summed E-state index contributed by atoms with van der Waals surface area (Å²) in [6.45, 7) is 2.68. The molecule has 6 heteroatoms. The third-order valence-corrected chi connectivity index (χ3v) is 5.40. The molecule has 0 aromatic heterocycles. The smallest absolute Gasteiger partial charge is 0.315 e. The van der Waals surface area contributed by atoms with Gasteiger partial charge in [0.25, 0.3) is 0 Å². The van der Waals surface area contributed by atoms with Crippen LogP contribution in [0.3, 0.4) is 0 Å². The number of urea groups is 1. The zero-order valence-corrected chi connectivity index (χ0v) is 13.7. The fourth-order valence-electron chi connectivity index (χ4n) is 2.33. The number of hydrogen-bond donors (Lipinski definition) is 2. The van der Waals surface area contributed by atoms with E-state index in [1.807, 2.05) is 36.0 Å². The summed E-state index contributed by atoms with van der Waals surface area (Å²) in [5, 5.41) is 6.51. The Bertz CT molecular complexity index is 478. The van der Waals surface area contributed by atoms with Gasteiger partial charge in [-0.2, -0.15) is 11.8 Å². The van der Waals surface area contributed by atoms with Crippen LogP contribution < -0.4 is 10.6 Å². The number of benzene rings is 1. The van der Waals surface area contributed by atoms with E-state index in [-0.39, 0.29) is 10.8 Å². The van der Waals surface area contributed by atoms with Gasteiger partial charge in [-0.3, -0.25) is 0 Å². The Kier molecular flexibility index (Phi) is 6.21. The SMILES string of the molecule is CSC1(CNC(=O)NCc2cccc(Cl)c2)CCOCC1. The lowest BCUT2D eigenvalue weighted by Gasteiger charge is -2.35. The van der Waals surface area contributed by atoms with Crippen molar-refractivity contribution < 1.29 is 9.53 Å². The normalized spacial score (nSPS) is 17.2. The number of carbonyl (C=O) groups excluding carboxylic acids is 1. The van der Waals surface area contributed by atoms with Crippen LogP contribution in [-0.2, 0) is 11.3 Å². The van der Waals surface area contributed by atoms with Crippen molar-refractivity contribution in [2.75, 3.05) is 26.0 Å². The van der Waals surface area contributed by atoms with E-state index in [2.05, 4.69) is 16.9 Å². The van der Waals surface area contributed by atoms with Crippen LogP contribution in [0.1, 0.15) is 18.4 Å². The molecule has 2 amide bonds. The second-order valence-corrected chi connectivity index (χ2v) is 6.88. The highest BCUT2D eigenvalue weighted by Gasteiger charge is 2.31. The molecule has 2 N–H and O–H groups in total. The van der Waals surface area contributed by atoms with Crippen LogP contribution >= 0.6 is 23.4 Å². The molecule has 1 heterocycles. The lowest BCUT2D eigenvalue weighted by atomic mass is 9.99. The predicted octanol–water partition coefficient (Wildman–Crippen LogP) is 3.05. The maximum Gasteiger partial charge on any atom is 0.315 e. The lowest BCUT2D eigenvalue weighted by Crippen LogP contribution is -2.47. The molecule has 1 fully saturated rings. The molecule has 1 aliphatic rings. The molecule has 1 aliphatic heterocycles. The van der Waals surface area contributed by atoms with Gasteiger partial charge in [-0.15, -0.1) is 0 Å². The van der Waals surface area contributed by atoms with Crippen LogP contribution in [-0.4, -0.2) is 36.8 Å². The largest absolute Gasteiger partial charge is 0.381 e. The molecule has 116 valence electrons. The Morgan fingerprint density at radius 3 is 2.81 bits per heavy atom. The molecule has 0 spiro atoms. The van der Waals surface area contributed by atoms with Gasteiger partial charge in [-0.1, -0.05) is 23.7 Å². The highest BCUT2D eigenvalue weighted by atomic mass is 35.5. The summed E-state index contributed by atoms with van der Waals surface area (Å²) < 4.78 is 5.50. The highest BCUT2D eigenvalue weighted by molar-refractivity contribution is 8.00. The van der Waals surface area contributed by atoms with Gasteiger partial charge in [0.2, 0.25) is 0 Å². The van der Waals surface area contributed by atoms with E-state index in [0.717, 1.165) is 31.6 Å². The van der Waals surface area contributed by atoms with Gasteiger partial charge < -0.3 is 15.4 Å². The average molecular weight is 329 g/mol. The van der Waals surface area contributed by atoms with Gasteiger partial charge in [-0.25, -0.2) is 4.79 Å². The van der Waals surface area contributed by atoms with Crippen molar-refractivity contribution in [1.29, 1.82) is 0 Å². The summed E-state index contributed by atoms with van der Waals surface area (Å²) >= 11 is 7.73. The molecule has 1 aromatic carbocycles. The summed E-state index contributed by atoms with van der Waals surface area (Å²) in [4.78, 5) is 11.9. The topological polar surface area (TPSA) is 50.4 Å². The van der Waals surface area contributed by atoms with E-state index in [0.29, 0.717) is 18.1 Å². The number of amides is 2. The van der Waals surface area contributed by atoms with Crippen molar-refractivity contribution in [2.24, 2.45) is 0 Å². The first-order valence-electron chi connectivity index (χ1n) is 7.03. The van der Waals surface area contributed by atoms with Crippen molar-refractivity contribution in [3.8, 4) is 0 Å². The summed E-state index contributed by atoms with van der Waals surface area (Å²) in [6.07, 6.45) is 4.04. The van der Waals surface area contributed by atoms with E-state index >= 15 is 0 Å². The molecule has 0 aliphatic carbocycles. The Morgan fingerprint density at radius 1 is 1.38 bits per heavy atom. The molecule has 0 atom stereocenters. The molecule has 0 radical (unpaired) electrons. The minimum atomic E-state index is -0.144.